The minimum Gasteiger partial charge on any atom is -0.508 e. The number of aliphatic hydroxyl groups is 1. The molecular weight excluding hydrogens is 1090 g/mol. The van der Waals surface area contributed by atoms with Crippen molar-refractivity contribution in [2.75, 3.05) is 25.1 Å². The summed E-state index contributed by atoms with van der Waals surface area (Å²) in [6.45, 7) is 3.17. The largest absolute Gasteiger partial charge is 0.508 e. The molecule has 0 radical (unpaired) electrons. The lowest BCUT2D eigenvalue weighted by atomic mass is 9.90. The predicted molar refractivity (Wildman–Crippen MR) is 305 cm³/mol. The monoisotopic (exact) mass is 1160 g/mol. The second kappa shape index (κ2) is 31.7. The number of Topliss-reactive ketones (excluding diaryl/α,β-unsaturated/α-hetero) is 2. The Bertz CT molecular complexity index is 2780. The molecule has 21 nitrogen and oxygen atoms in total. The number of aromatic hydroxyl groups is 2. The Morgan fingerprint density at radius 3 is 1.85 bits per heavy atom. The molecule has 0 unspecified atom stereocenters. The number of halogens is 1. The number of hydrogen-bond acceptors (Lipinski definition) is 16. The molecule has 0 saturated carbocycles. The highest BCUT2D eigenvalue weighted by Gasteiger charge is 2.37. The van der Waals surface area contributed by atoms with Gasteiger partial charge < -0.3 is 64.0 Å². The van der Waals surface area contributed by atoms with Gasteiger partial charge in [0.15, 0.2) is 11.6 Å². The molecule has 4 aromatic carbocycles. The molecule has 0 aromatic heterocycles. The van der Waals surface area contributed by atoms with E-state index in [9.17, 15) is 58.5 Å². The van der Waals surface area contributed by atoms with Crippen LogP contribution < -0.4 is 48.7 Å². The zero-order valence-corrected chi connectivity index (χ0v) is 47.0. The molecule has 0 aliphatic carbocycles. The average Bonchev–Trinajstić information content (AvgIpc) is 3.42. The second-order valence-corrected chi connectivity index (χ2v) is 22.6. The van der Waals surface area contributed by atoms with Crippen LogP contribution in [0.4, 0.5) is 0 Å². The van der Waals surface area contributed by atoms with Crippen molar-refractivity contribution in [2.24, 2.45) is 17.4 Å². The minimum absolute atomic E-state index is 0.0181. The van der Waals surface area contributed by atoms with E-state index in [-0.39, 0.29) is 60.9 Å². The Kier molecular flexibility index (Phi) is 25.3. The topological polar surface area (TPSA) is 351 Å². The third-order valence-electron chi connectivity index (χ3n) is 13.2. The number of carbonyl (C=O) groups is 9. The Morgan fingerprint density at radius 1 is 0.700 bits per heavy atom. The first-order valence-electron chi connectivity index (χ1n) is 26.0. The van der Waals surface area contributed by atoms with Crippen LogP contribution in [0.15, 0.2) is 97.1 Å². The maximum absolute atomic E-state index is 14.8. The molecule has 0 bridgehead atoms. The summed E-state index contributed by atoms with van der Waals surface area (Å²) in [6, 6.07) is 14.9. The van der Waals surface area contributed by atoms with Crippen molar-refractivity contribution < 1.29 is 58.5 Å². The van der Waals surface area contributed by atoms with E-state index in [0.29, 0.717) is 52.2 Å². The zero-order chi connectivity index (χ0) is 58.5. The number of aliphatic hydroxyl groups excluding tert-OH is 1. The van der Waals surface area contributed by atoms with Crippen molar-refractivity contribution in [1.82, 2.24) is 37.2 Å². The van der Waals surface area contributed by atoms with Crippen LogP contribution in [0.3, 0.4) is 0 Å². The van der Waals surface area contributed by atoms with Gasteiger partial charge in [0.2, 0.25) is 41.4 Å². The molecule has 430 valence electrons. The van der Waals surface area contributed by atoms with Gasteiger partial charge >= 0.3 is 0 Å². The summed E-state index contributed by atoms with van der Waals surface area (Å²) in [5, 5.41) is 50.5. The van der Waals surface area contributed by atoms with Crippen molar-refractivity contribution in [3.8, 4) is 11.5 Å². The first kappa shape index (κ1) is 63.8. The summed E-state index contributed by atoms with van der Waals surface area (Å²) in [5.41, 5.74) is 14.8. The summed E-state index contributed by atoms with van der Waals surface area (Å²) in [4.78, 5) is 126. The number of phenols is 2. The number of nitrogens with one attached hydrogen (secondary N) is 7. The summed E-state index contributed by atoms with van der Waals surface area (Å²) in [5.74, 6) is -8.69. The Hall–Kier alpha value is -7.02. The molecule has 4 aromatic rings. The Labute approximate surface area is 477 Å². The molecule has 9 atom stereocenters. The van der Waals surface area contributed by atoms with Gasteiger partial charge in [0.1, 0.15) is 41.7 Å². The quantitative estimate of drug-likeness (QED) is 0.0340. The maximum atomic E-state index is 14.8. The lowest BCUT2D eigenvalue weighted by Crippen LogP contribution is -2.62. The fraction of sp³-hybridized carbons (Fsp3) is 0.411. The summed E-state index contributed by atoms with van der Waals surface area (Å²) >= 11 is 6.08. The van der Waals surface area contributed by atoms with Crippen LogP contribution in [0.25, 0.3) is 0 Å². The second-order valence-electron chi connectivity index (χ2n) is 19.6. The molecule has 1 aliphatic rings. The van der Waals surface area contributed by atoms with Crippen molar-refractivity contribution in [2.45, 2.75) is 114 Å². The Morgan fingerprint density at radius 2 is 1.25 bits per heavy atom. The molecule has 14 N–H and O–H groups in total. The molecule has 0 spiro atoms. The number of primary amides is 1. The van der Waals surface area contributed by atoms with Gasteiger partial charge in [-0.25, -0.2) is 0 Å². The van der Waals surface area contributed by atoms with Crippen LogP contribution in [-0.4, -0.2) is 142 Å². The van der Waals surface area contributed by atoms with Gasteiger partial charge in [0.25, 0.3) is 0 Å². The smallest absolute Gasteiger partial charge is 0.245 e. The predicted octanol–water partition coefficient (Wildman–Crippen LogP) is 1.69. The summed E-state index contributed by atoms with van der Waals surface area (Å²) in [7, 11) is 3.74. The molecule has 7 amide bonds. The van der Waals surface area contributed by atoms with E-state index >= 15 is 0 Å². The van der Waals surface area contributed by atoms with Gasteiger partial charge in [0.05, 0.1) is 18.2 Å². The minimum atomic E-state index is -1.73. The van der Waals surface area contributed by atoms with E-state index in [1.165, 1.54) is 50.2 Å². The normalized spacial score (nSPS) is 21.1. The fourth-order valence-electron chi connectivity index (χ4n) is 8.52. The highest BCUT2D eigenvalue weighted by Crippen LogP contribution is 2.26. The standard InChI is InChI=1S/C56H70ClN9O12S2/c1-31(67)37-15-7-35(8-16-37)27-45-54(76)61-43(6-4-5-23-60-3)53(75)66-49(32(2)68)56(78)65-47(55(77)62-44(50(59)72)26-36-13-21-41(70)22-14-36)30-80-79-29-46(64-52(74)42(58)25-34-9-17-39(57)18-10-34)48(71)28-38(51(73)63-45)24-33-11-19-40(69)20-12-33/h7-22,32,38,42-47,49,60,68-70H,4-6,23-30,58H2,1-3H3,(H2,59,72)(H,61,76)(H,62,77)(H,63,73)(H,64,74)(H,65,78)(H,66,75)/t32-,38-,42+,43+,44-,45-,46-,47+,49+/m1/s1. The van der Waals surface area contributed by atoms with Crippen LogP contribution in [0.2, 0.25) is 5.02 Å². The maximum Gasteiger partial charge on any atom is 0.245 e. The first-order valence-corrected chi connectivity index (χ1v) is 28.8. The number of unbranched alkanes of at least 4 members (excludes halogenated alkanes) is 1. The van der Waals surface area contributed by atoms with Gasteiger partial charge in [-0.3, -0.25) is 43.2 Å². The first-order chi connectivity index (χ1) is 38.1. The summed E-state index contributed by atoms with van der Waals surface area (Å²) < 4.78 is 0. The number of nitrogens with two attached hydrogens (primary N) is 2. The van der Waals surface area contributed by atoms with Crippen molar-refractivity contribution >= 4 is 86.1 Å². The Balaban J connectivity index is 1.58. The van der Waals surface area contributed by atoms with E-state index in [1.807, 2.05) is 0 Å². The molecule has 1 saturated heterocycles. The van der Waals surface area contributed by atoms with Crippen LogP contribution in [0, 0.1) is 5.92 Å². The molecule has 24 heteroatoms. The number of amides is 7. The highest BCUT2D eigenvalue weighted by molar-refractivity contribution is 8.76. The van der Waals surface area contributed by atoms with Crippen LogP contribution in [0.1, 0.15) is 72.1 Å². The van der Waals surface area contributed by atoms with E-state index in [0.717, 1.165) is 21.6 Å². The van der Waals surface area contributed by atoms with Gasteiger partial charge in [-0.1, -0.05) is 93.9 Å². The van der Waals surface area contributed by atoms with Crippen molar-refractivity contribution in [3.63, 3.8) is 0 Å². The van der Waals surface area contributed by atoms with Gasteiger partial charge in [0, 0.05) is 47.3 Å². The van der Waals surface area contributed by atoms with Crippen LogP contribution >= 0.6 is 33.2 Å². The van der Waals surface area contributed by atoms with Gasteiger partial charge in [-0.15, -0.1) is 0 Å². The number of hydrogen-bond donors (Lipinski definition) is 12. The van der Waals surface area contributed by atoms with Crippen LogP contribution in [0.5, 0.6) is 11.5 Å². The molecular formula is C56H70ClN9O12S2. The third kappa shape index (κ3) is 20.6. The van der Waals surface area contributed by atoms with Crippen molar-refractivity contribution in [1.29, 1.82) is 0 Å². The van der Waals surface area contributed by atoms with Crippen LogP contribution in [-0.2, 0) is 64.0 Å². The SMILES string of the molecule is CNCCCC[C@@H]1NC(=O)[C@@H](Cc2ccc(C(C)=O)cc2)NC(=O)[C@H](Cc2ccc(O)cc2)CC(=O)[C@H](NC(=O)[C@@H](N)Cc2ccc(Cl)cc2)CSSC[C@@H](C(=O)N[C@H](Cc2ccc(O)cc2)C(N)=O)NC(=O)[C@H]([C@@H](C)O)NC1=O. The number of phenolic OH excluding ortho intramolecular Hbond substituents is 2. The molecule has 1 fully saturated rings. The number of benzene rings is 4. The van der Waals surface area contributed by atoms with E-state index < -0.39 is 108 Å². The third-order valence-corrected chi connectivity index (χ3v) is 15.8. The molecule has 1 heterocycles. The molecule has 1 aliphatic heterocycles. The number of ketones is 2. The van der Waals surface area contributed by atoms with E-state index in [1.54, 1.807) is 67.7 Å². The molecule has 5 rings (SSSR count). The fourth-order valence-corrected chi connectivity index (χ4v) is 11.0. The van der Waals surface area contributed by atoms with E-state index in [4.69, 9.17) is 23.1 Å². The number of carbonyl (C=O) groups excluding carboxylic acids is 9. The zero-order valence-electron chi connectivity index (χ0n) is 44.6. The van der Waals surface area contributed by atoms with Gasteiger partial charge in [-0.2, -0.15) is 0 Å². The lowest BCUT2D eigenvalue weighted by molar-refractivity contribution is -0.137. The lowest BCUT2D eigenvalue weighted by Gasteiger charge is -2.29. The van der Waals surface area contributed by atoms with E-state index in [2.05, 4.69) is 37.2 Å². The average molecular weight is 1160 g/mol. The molecule has 80 heavy (non-hydrogen) atoms. The van der Waals surface area contributed by atoms with Gasteiger partial charge in [-0.05, 0) is 118 Å². The van der Waals surface area contributed by atoms with Crippen molar-refractivity contribution in [3.05, 3.63) is 130 Å². The number of rotatable bonds is 20. The summed E-state index contributed by atoms with van der Waals surface area (Å²) in [6.07, 6.45) is -1.48. The highest BCUT2D eigenvalue weighted by atomic mass is 35.5.